The average molecular weight is 411 g/mol. The zero-order valence-corrected chi connectivity index (χ0v) is 16.0. The fraction of sp³-hybridized carbons (Fsp3) is 0.471. The second-order valence-electron chi connectivity index (χ2n) is 6.95. The van der Waals surface area contributed by atoms with E-state index >= 15 is 0 Å². The highest BCUT2D eigenvalue weighted by Crippen LogP contribution is 2.36. The number of sulfonamides is 1. The Kier molecular flexibility index (Phi) is 4.66. The van der Waals surface area contributed by atoms with Crippen molar-refractivity contribution in [2.45, 2.75) is 43.8 Å². The van der Waals surface area contributed by atoms with Gasteiger partial charge in [-0.25, -0.2) is 17.2 Å². The van der Waals surface area contributed by atoms with E-state index in [0.717, 1.165) is 12.1 Å². The van der Waals surface area contributed by atoms with Crippen LogP contribution < -0.4 is 0 Å². The Hall–Kier alpha value is -2.40. The minimum atomic E-state index is -4.10. The molecule has 0 N–H and O–H groups in total. The van der Waals surface area contributed by atoms with Crippen molar-refractivity contribution in [1.29, 1.82) is 0 Å². The van der Waals surface area contributed by atoms with E-state index in [4.69, 9.17) is 0 Å². The largest absolute Gasteiger partial charge is 0.334 e. The van der Waals surface area contributed by atoms with E-state index in [1.54, 1.807) is 4.90 Å². The summed E-state index contributed by atoms with van der Waals surface area (Å²) in [7, 11) is -4.10. The van der Waals surface area contributed by atoms with Crippen molar-refractivity contribution >= 4 is 15.9 Å². The minimum Gasteiger partial charge on any atom is -0.334 e. The summed E-state index contributed by atoms with van der Waals surface area (Å²) in [6.45, 7) is 2.98. The molecule has 11 heteroatoms. The zero-order chi connectivity index (χ0) is 20.1. The molecule has 8 nitrogen and oxygen atoms in total. The molecule has 1 saturated heterocycles. The molecule has 4 rings (SSSR count). The Labute approximate surface area is 160 Å². The number of amides is 1. The first-order valence-corrected chi connectivity index (χ1v) is 10.4. The van der Waals surface area contributed by atoms with Crippen molar-refractivity contribution < 1.29 is 22.0 Å². The number of hydrogen-bond donors (Lipinski definition) is 0. The summed E-state index contributed by atoms with van der Waals surface area (Å²) < 4.78 is 56.3. The quantitative estimate of drug-likeness (QED) is 0.763. The van der Waals surface area contributed by atoms with E-state index < -0.39 is 32.6 Å². The minimum absolute atomic E-state index is 0.0611. The Morgan fingerprint density at radius 2 is 1.82 bits per heavy atom. The number of hydrogen-bond acceptors (Lipinski definition) is 5. The molecule has 0 spiro atoms. The van der Waals surface area contributed by atoms with Crippen molar-refractivity contribution in [1.82, 2.24) is 24.0 Å². The number of carbonyl (C=O) groups is 1. The van der Waals surface area contributed by atoms with E-state index in [-0.39, 0.29) is 12.5 Å². The molecule has 2 aliphatic rings. The van der Waals surface area contributed by atoms with Crippen LogP contribution in [0.5, 0.6) is 0 Å². The molecule has 2 aliphatic heterocycles. The van der Waals surface area contributed by atoms with E-state index in [1.807, 2.05) is 4.57 Å². The molecule has 0 saturated carbocycles. The lowest BCUT2D eigenvalue weighted by Crippen LogP contribution is -2.38. The van der Waals surface area contributed by atoms with Crippen molar-refractivity contribution in [2.24, 2.45) is 0 Å². The first kappa shape index (κ1) is 18.9. The number of rotatable bonds is 3. The smallest absolute Gasteiger partial charge is 0.243 e. The van der Waals surface area contributed by atoms with E-state index in [1.165, 1.54) is 11.2 Å². The molecule has 28 heavy (non-hydrogen) atoms. The highest BCUT2D eigenvalue weighted by Gasteiger charge is 2.40. The SMILES string of the molecule is CC(=O)N1CCn2c(nnc2C2CCCN2S(=O)(=O)c2cc(F)cc(F)c2)C1. The monoisotopic (exact) mass is 411 g/mol. The lowest BCUT2D eigenvalue weighted by Gasteiger charge is -2.29. The number of benzene rings is 1. The summed E-state index contributed by atoms with van der Waals surface area (Å²) >= 11 is 0. The highest BCUT2D eigenvalue weighted by atomic mass is 32.2. The van der Waals surface area contributed by atoms with Gasteiger partial charge in [0.15, 0.2) is 11.6 Å². The molecule has 1 fully saturated rings. The third kappa shape index (κ3) is 3.18. The Morgan fingerprint density at radius 3 is 2.50 bits per heavy atom. The Balaban J connectivity index is 1.67. The fourth-order valence-electron chi connectivity index (χ4n) is 3.79. The molecule has 1 amide bonds. The van der Waals surface area contributed by atoms with E-state index in [9.17, 15) is 22.0 Å². The van der Waals surface area contributed by atoms with Crippen molar-refractivity contribution in [3.05, 3.63) is 41.5 Å². The maximum atomic E-state index is 13.6. The van der Waals surface area contributed by atoms with Gasteiger partial charge < -0.3 is 9.47 Å². The molecule has 1 aromatic carbocycles. The van der Waals surface area contributed by atoms with Crippen LogP contribution in [0.1, 0.15) is 37.5 Å². The summed E-state index contributed by atoms with van der Waals surface area (Å²) in [5.41, 5.74) is 0. The molecular formula is C17H19F2N5O3S. The maximum Gasteiger partial charge on any atom is 0.243 e. The van der Waals surface area contributed by atoms with Gasteiger partial charge in [0.05, 0.1) is 17.5 Å². The number of aromatic nitrogens is 3. The summed E-state index contributed by atoms with van der Waals surface area (Å²) in [4.78, 5) is 12.8. The van der Waals surface area contributed by atoms with Crippen molar-refractivity contribution in [2.75, 3.05) is 13.1 Å². The van der Waals surface area contributed by atoms with Gasteiger partial charge in [-0.1, -0.05) is 0 Å². The van der Waals surface area contributed by atoms with Gasteiger partial charge in [0.1, 0.15) is 11.6 Å². The summed E-state index contributed by atoms with van der Waals surface area (Å²) in [5.74, 6) is -0.861. The van der Waals surface area contributed by atoms with Gasteiger partial charge in [0.25, 0.3) is 0 Å². The van der Waals surface area contributed by atoms with Crippen LogP contribution in [-0.2, 0) is 27.9 Å². The molecule has 3 heterocycles. The summed E-state index contributed by atoms with van der Waals surface area (Å²) in [6.07, 6.45) is 1.13. The molecule has 1 aromatic heterocycles. The first-order chi connectivity index (χ1) is 13.3. The van der Waals surface area contributed by atoms with Gasteiger partial charge in [-0.3, -0.25) is 4.79 Å². The van der Waals surface area contributed by atoms with Gasteiger partial charge >= 0.3 is 0 Å². The summed E-state index contributed by atoms with van der Waals surface area (Å²) in [5, 5.41) is 8.32. The molecule has 0 radical (unpaired) electrons. The van der Waals surface area contributed by atoms with Gasteiger partial charge in [-0.05, 0) is 25.0 Å². The maximum absolute atomic E-state index is 13.6. The van der Waals surface area contributed by atoms with Gasteiger partial charge in [0, 0.05) is 32.6 Å². The summed E-state index contributed by atoms with van der Waals surface area (Å²) in [6, 6.07) is 1.70. The van der Waals surface area contributed by atoms with Gasteiger partial charge in [0.2, 0.25) is 15.9 Å². The van der Waals surface area contributed by atoms with Crippen molar-refractivity contribution in [3.8, 4) is 0 Å². The third-order valence-corrected chi connectivity index (χ3v) is 7.06. The number of fused-ring (bicyclic) bond motifs is 1. The standard InChI is InChI=1S/C17H19F2N5O3S/c1-11(25)22-5-6-23-16(10-22)20-21-17(23)15-3-2-4-24(15)28(26,27)14-8-12(18)7-13(19)9-14/h7-9,15H,2-6,10H2,1H3. The second-order valence-corrected chi connectivity index (χ2v) is 8.84. The number of nitrogens with zero attached hydrogens (tertiary/aromatic N) is 5. The van der Waals surface area contributed by atoms with Crippen LogP contribution in [0.25, 0.3) is 0 Å². The normalized spacial score (nSPS) is 20.4. The van der Waals surface area contributed by atoms with Crippen LogP contribution in [0.3, 0.4) is 0 Å². The van der Waals surface area contributed by atoms with Crippen LogP contribution in [0.15, 0.2) is 23.1 Å². The zero-order valence-electron chi connectivity index (χ0n) is 15.2. The molecule has 2 aromatic rings. The van der Waals surface area contributed by atoms with Crippen LogP contribution in [0.2, 0.25) is 0 Å². The number of carbonyl (C=O) groups excluding carboxylic acids is 1. The number of halogens is 2. The molecule has 1 atom stereocenters. The average Bonchev–Trinajstić information content (AvgIpc) is 3.27. The fourth-order valence-corrected chi connectivity index (χ4v) is 5.49. The first-order valence-electron chi connectivity index (χ1n) is 8.93. The topological polar surface area (TPSA) is 88.4 Å². The lowest BCUT2D eigenvalue weighted by molar-refractivity contribution is -0.130. The molecule has 1 unspecified atom stereocenters. The Bertz CT molecular complexity index is 1020. The van der Waals surface area contributed by atoms with Crippen LogP contribution in [-0.4, -0.2) is 51.4 Å². The van der Waals surface area contributed by atoms with Crippen molar-refractivity contribution in [3.63, 3.8) is 0 Å². The molecular weight excluding hydrogens is 392 g/mol. The van der Waals surface area contributed by atoms with E-state index in [0.29, 0.717) is 50.2 Å². The van der Waals surface area contributed by atoms with Gasteiger partial charge in [-0.2, -0.15) is 4.31 Å². The highest BCUT2D eigenvalue weighted by molar-refractivity contribution is 7.89. The molecule has 0 bridgehead atoms. The third-order valence-electron chi connectivity index (χ3n) is 5.17. The van der Waals surface area contributed by atoms with Crippen LogP contribution >= 0.6 is 0 Å². The lowest BCUT2D eigenvalue weighted by atomic mass is 10.2. The Morgan fingerprint density at radius 1 is 1.11 bits per heavy atom. The van der Waals surface area contributed by atoms with Crippen LogP contribution in [0, 0.1) is 11.6 Å². The van der Waals surface area contributed by atoms with Crippen LogP contribution in [0.4, 0.5) is 8.78 Å². The second kappa shape index (κ2) is 6.89. The predicted molar refractivity (Wildman–Crippen MR) is 93.3 cm³/mol. The van der Waals surface area contributed by atoms with Gasteiger partial charge in [-0.15, -0.1) is 10.2 Å². The predicted octanol–water partition coefficient (Wildman–Crippen LogP) is 1.44. The molecule has 150 valence electrons. The molecule has 0 aliphatic carbocycles. The van der Waals surface area contributed by atoms with E-state index in [2.05, 4.69) is 10.2 Å².